The molecule has 0 aliphatic carbocycles. The van der Waals surface area contributed by atoms with E-state index < -0.39 is 0 Å². The van der Waals surface area contributed by atoms with E-state index in [4.69, 9.17) is 9.47 Å². The van der Waals surface area contributed by atoms with Crippen molar-refractivity contribution in [1.29, 1.82) is 0 Å². The Labute approximate surface area is 147 Å². The van der Waals surface area contributed by atoms with Gasteiger partial charge in [-0.2, -0.15) is 0 Å². The molecule has 0 unspecified atom stereocenters. The number of para-hydroxylation sites is 1. The molecule has 0 N–H and O–H groups in total. The third kappa shape index (κ3) is 3.06. The van der Waals surface area contributed by atoms with E-state index in [1.165, 1.54) is 5.56 Å². The van der Waals surface area contributed by atoms with Gasteiger partial charge in [-0.1, -0.05) is 18.2 Å². The Morgan fingerprint density at radius 3 is 2.68 bits per heavy atom. The van der Waals surface area contributed by atoms with Crippen LogP contribution < -0.4 is 9.47 Å². The monoisotopic (exact) mass is 338 g/mol. The lowest BCUT2D eigenvalue weighted by molar-refractivity contribution is -0.0107. The van der Waals surface area contributed by atoms with Crippen molar-refractivity contribution in [3.05, 3.63) is 53.7 Å². The average molecular weight is 338 g/mol. The van der Waals surface area contributed by atoms with Crippen LogP contribution in [0.4, 0.5) is 0 Å². The van der Waals surface area contributed by atoms with Gasteiger partial charge in [-0.25, -0.2) is 4.98 Å². The number of methoxy groups -OCH3 is 1. The maximum atomic E-state index is 12.7. The van der Waals surface area contributed by atoms with Crippen LogP contribution in [0.15, 0.2) is 42.6 Å². The molecular formula is C20H22N2O3. The molecule has 0 saturated carbocycles. The molecule has 5 nitrogen and oxygen atoms in total. The third-order valence-electron chi connectivity index (χ3n) is 5.30. The van der Waals surface area contributed by atoms with Gasteiger partial charge in [-0.05, 0) is 30.5 Å². The summed E-state index contributed by atoms with van der Waals surface area (Å²) < 4.78 is 11.4. The largest absolute Gasteiger partial charge is 0.487 e. The second-order valence-corrected chi connectivity index (χ2v) is 6.77. The average Bonchev–Trinajstić information content (AvgIpc) is 2.68. The van der Waals surface area contributed by atoms with Gasteiger partial charge in [0, 0.05) is 38.2 Å². The number of rotatable bonds is 2. The molecule has 130 valence electrons. The predicted molar refractivity (Wildman–Crippen MR) is 94.0 cm³/mol. The van der Waals surface area contributed by atoms with Gasteiger partial charge in [0.25, 0.3) is 5.91 Å². The molecule has 4 rings (SSSR count). The fraction of sp³-hybridized carbons (Fsp3) is 0.400. The Kier molecular flexibility index (Phi) is 4.07. The molecule has 1 fully saturated rings. The van der Waals surface area contributed by atoms with Crippen LogP contribution in [0.3, 0.4) is 0 Å². The van der Waals surface area contributed by atoms with Crippen LogP contribution in [0.1, 0.15) is 35.2 Å². The molecule has 0 atom stereocenters. The predicted octanol–water partition coefficient (Wildman–Crippen LogP) is 3.09. The summed E-state index contributed by atoms with van der Waals surface area (Å²) in [7, 11) is 1.57. The van der Waals surface area contributed by atoms with Crippen molar-refractivity contribution in [1.82, 2.24) is 9.88 Å². The Hall–Kier alpha value is -2.56. The number of amides is 1. The van der Waals surface area contributed by atoms with E-state index in [1.54, 1.807) is 25.4 Å². The van der Waals surface area contributed by atoms with Gasteiger partial charge in [0.05, 0.1) is 12.7 Å². The van der Waals surface area contributed by atoms with Gasteiger partial charge < -0.3 is 14.4 Å². The summed E-state index contributed by atoms with van der Waals surface area (Å²) in [5, 5.41) is 0. The number of aromatic nitrogens is 1. The minimum Gasteiger partial charge on any atom is -0.487 e. The van der Waals surface area contributed by atoms with E-state index in [0.29, 0.717) is 24.5 Å². The number of hydrogen-bond donors (Lipinski definition) is 0. The lowest BCUT2D eigenvalue weighted by atomic mass is 9.83. The molecule has 1 aromatic heterocycles. The molecule has 25 heavy (non-hydrogen) atoms. The normalized spacial score (nSPS) is 18.4. The molecule has 0 radical (unpaired) electrons. The topological polar surface area (TPSA) is 51.7 Å². The number of aryl methyl sites for hydroxylation is 1. The Morgan fingerprint density at radius 2 is 1.96 bits per heavy atom. The zero-order chi connectivity index (χ0) is 17.3. The highest BCUT2D eigenvalue weighted by atomic mass is 16.5. The standard InChI is InChI=1S/C20H22N2O3/c1-24-18-7-6-16(14-21-18)19(23)22-12-10-20(11-13-22)9-8-15-4-2-3-5-17(15)25-20/h2-7,14H,8-13H2,1H3. The van der Waals surface area contributed by atoms with Crippen LogP contribution >= 0.6 is 0 Å². The maximum Gasteiger partial charge on any atom is 0.255 e. The quantitative estimate of drug-likeness (QED) is 0.844. The smallest absolute Gasteiger partial charge is 0.255 e. The molecule has 2 aliphatic rings. The fourth-order valence-corrected chi connectivity index (χ4v) is 3.74. The molecule has 3 heterocycles. The van der Waals surface area contributed by atoms with Crippen LogP contribution in [0, 0.1) is 0 Å². The molecule has 1 spiro atoms. The van der Waals surface area contributed by atoms with Gasteiger partial charge in [0.15, 0.2) is 0 Å². The van der Waals surface area contributed by atoms with E-state index in [0.717, 1.165) is 31.4 Å². The molecular weight excluding hydrogens is 316 g/mol. The lowest BCUT2D eigenvalue weighted by Crippen LogP contribution is -2.51. The molecule has 2 aliphatic heterocycles. The van der Waals surface area contributed by atoms with E-state index in [1.807, 2.05) is 11.0 Å². The van der Waals surface area contributed by atoms with Gasteiger partial charge >= 0.3 is 0 Å². The Balaban J connectivity index is 1.42. The summed E-state index contributed by atoms with van der Waals surface area (Å²) in [6, 6.07) is 11.8. The number of piperidine rings is 1. The first-order chi connectivity index (χ1) is 12.2. The number of hydrogen-bond acceptors (Lipinski definition) is 4. The molecule has 1 amide bonds. The number of pyridine rings is 1. The lowest BCUT2D eigenvalue weighted by Gasteiger charge is -2.44. The van der Waals surface area contributed by atoms with E-state index in [9.17, 15) is 4.79 Å². The second-order valence-electron chi connectivity index (χ2n) is 6.77. The third-order valence-corrected chi connectivity index (χ3v) is 5.30. The minimum absolute atomic E-state index is 0.0289. The van der Waals surface area contributed by atoms with Gasteiger partial charge in [0.1, 0.15) is 11.4 Å². The molecule has 2 aromatic rings. The van der Waals surface area contributed by atoms with Gasteiger partial charge in [0.2, 0.25) is 5.88 Å². The van der Waals surface area contributed by atoms with Crippen LogP contribution in [0.5, 0.6) is 11.6 Å². The summed E-state index contributed by atoms with van der Waals surface area (Å²) in [5.74, 6) is 1.55. The van der Waals surface area contributed by atoms with E-state index >= 15 is 0 Å². The summed E-state index contributed by atoms with van der Waals surface area (Å²) in [6.07, 6.45) is 5.40. The molecule has 0 bridgehead atoms. The van der Waals surface area contributed by atoms with Crippen LogP contribution in [0.2, 0.25) is 0 Å². The molecule has 1 saturated heterocycles. The number of likely N-dealkylation sites (tertiary alicyclic amines) is 1. The van der Waals surface area contributed by atoms with E-state index in [-0.39, 0.29) is 11.5 Å². The van der Waals surface area contributed by atoms with Gasteiger partial charge in [-0.3, -0.25) is 4.79 Å². The first-order valence-corrected chi connectivity index (χ1v) is 8.75. The van der Waals surface area contributed by atoms with Crippen molar-refractivity contribution in [3.8, 4) is 11.6 Å². The number of carbonyl (C=O) groups excluding carboxylic acids is 1. The molecule has 1 aromatic carbocycles. The van der Waals surface area contributed by atoms with Gasteiger partial charge in [-0.15, -0.1) is 0 Å². The fourth-order valence-electron chi connectivity index (χ4n) is 3.74. The van der Waals surface area contributed by atoms with Crippen molar-refractivity contribution in [2.75, 3.05) is 20.2 Å². The first-order valence-electron chi connectivity index (χ1n) is 8.75. The number of nitrogens with zero attached hydrogens (tertiary/aromatic N) is 2. The molecule has 5 heteroatoms. The first kappa shape index (κ1) is 15.9. The van der Waals surface area contributed by atoms with Crippen molar-refractivity contribution in [3.63, 3.8) is 0 Å². The highest BCUT2D eigenvalue weighted by molar-refractivity contribution is 5.94. The Bertz CT molecular complexity index is 765. The summed E-state index contributed by atoms with van der Waals surface area (Å²) in [4.78, 5) is 18.7. The highest BCUT2D eigenvalue weighted by Gasteiger charge is 2.40. The summed E-state index contributed by atoms with van der Waals surface area (Å²) in [6.45, 7) is 1.43. The number of benzene rings is 1. The van der Waals surface area contributed by atoms with Crippen molar-refractivity contribution in [2.24, 2.45) is 0 Å². The SMILES string of the molecule is COc1ccc(C(=O)N2CCC3(CCc4ccccc4O3)CC2)cn1. The zero-order valence-electron chi connectivity index (χ0n) is 14.4. The second kappa shape index (κ2) is 6.39. The van der Waals surface area contributed by atoms with E-state index in [2.05, 4.69) is 23.2 Å². The highest BCUT2D eigenvalue weighted by Crippen LogP contribution is 2.39. The van der Waals surface area contributed by atoms with Crippen LogP contribution in [-0.4, -0.2) is 41.6 Å². The summed E-state index contributed by atoms with van der Waals surface area (Å²) in [5.41, 5.74) is 1.77. The number of fused-ring (bicyclic) bond motifs is 1. The number of carbonyl (C=O) groups is 1. The minimum atomic E-state index is -0.122. The van der Waals surface area contributed by atoms with Crippen LogP contribution in [0.25, 0.3) is 0 Å². The van der Waals surface area contributed by atoms with Crippen molar-refractivity contribution in [2.45, 2.75) is 31.3 Å². The Morgan fingerprint density at radius 1 is 1.16 bits per heavy atom. The van der Waals surface area contributed by atoms with Crippen LogP contribution in [-0.2, 0) is 6.42 Å². The zero-order valence-corrected chi connectivity index (χ0v) is 14.4. The van der Waals surface area contributed by atoms with Crippen molar-refractivity contribution < 1.29 is 14.3 Å². The summed E-state index contributed by atoms with van der Waals surface area (Å²) >= 11 is 0. The maximum absolute atomic E-state index is 12.7. The van der Waals surface area contributed by atoms with Crippen molar-refractivity contribution >= 4 is 5.91 Å². The number of ether oxygens (including phenoxy) is 2.